The Kier molecular flexibility index (Phi) is 9.62. The first-order chi connectivity index (χ1) is 15.5. The van der Waals surface area contributed by atoms with Gasteiger partial charge in [0.05, 0.1) is 11.4 Å². The lowest BCUT2D eigenvalue weighted by atomic mass is 9.91. The van der Waals surface area contributed by atoms with Crippen molar-refractivity contribution in [2.75, 3.05) is 0 Å². The molecular formula is C26H32F4N2O. The van der Waals surface area contributed by atoms with Crippen molar-refractivity contribution >= 4 is 23.3 Å². The first-order valence-electron chi connectivity index (χ1n) is 11.2. The lowest BCUT2D eigenvalue weighted by Gasteiger charge is -2.19. The number of hydrogen-bond donors (Lipinski definition) is 0. The third-order valence-corrected chi connectivity index (χ3v) is 5.23. The number of alkyl halides is 3. The molecule has 33 heavy (non-hydrogen) atoms. The highest BCUT2D eigenvalue weighted by molar-refractivity contribution is 5.87. The van der Waals surface area contributed by atoms with Crippen LogP contribution >= 0.6 is 0 Å². The number of hydrogen-bond acceptors (Lipinski definition) is 3. The van der Waals surface area contributed by atoms with Crippen LogP contribution in [0.15, 0.2) is 46.4 Å². The minimum Gasteiger partial charge on any atom is -0.406 e. The second kappa shape index (κ2) is 12.0. The Morgan fingerprint density at radius 1 is 1.12 bits per heavy atom. The third-order valence-electron chi connectivity index (χ3n) is 5.23. The molecule has 0 amide bonds. The Bertz CT molecular complexity index is 979. The summed E-state index contributed by atoms with van der Waals surface area (Å²) in [7, 11) is 0. The molecule has 0 bridgehead atoms. The summed E-state index contributed by atoms with van der Waals surface area (Å²) in [5.41, 5.74) is 4.48. The normalized spacial score (nSPS) is 17.2. The maximum absolute atomic E-state index is 12.9. The van der Waals surface area contributed by atoms with Crippen molar-refractivity contribution in [3.8, 4) is 5.75 Å². The van der Waals surface area contributed by atoms with Crippen molar-refractivity contribution < 1.29 is 22.3 Å². The largest absolute Gasteiger partial charge is 0.573 e. The van der Waals surface area contributed by atoms with E-state index in [1.54, 1.807) is 25.3 Å². The average Bonchev–Trinajstić information content (AvgIpc) is 3.52. The summed E-state index contributed by atoms with van der Waals surface area (Å²) in [6.45, 7) is 10.0. The van der Waals surface area contributed by atoms with Gasteiger partial charge in [0.25, 0.3) is 0 Å². The van der Waals surface area contributed by atoms with Crippen LogP contribution in [-0.4, -0.2) is 18.3 Å². The lowest BCUT2D eigenvalue weighted by Crippen LogP contribution is -2.17. The van der Waals surface area contributed by atoms with Crippen LogP contribution in [0.1, 0.15) is 70.9 Å². The topological polar surface area (TPSA) is 34.0 Å². The zero-order valence-electron chi connectivity index (χ0n) is 19.8. The molecule has 1 saturated carbocycles. The molecule has 1 atom stereocenters. The molecule has 180 valence electrons. The summed E-state index contributed by atoms with van der Waals surface area (Å²) in [6.07, 6.45) is 1.46. The minimum absolute atomic E-state index is 0.166. The summed E-state index contributed by atoms with van der Waals surface area (Å²) in [5, 5.41) is 0. The van der Waals surface area contributed by atoms with Gasteiger partial charge in [0, 0.05) is 11.9 Å². The van der Waals surface area contributed by atoms with Crippen LogP contribution in [0.25, 0.3) is 0 Å². The van der Waals surface area contributed by atoms with Gasteiger partial charge in [0.2, 0.25) is 0 Å². The third kappa shape index (κ3) is 9.36. The zero-order valence-corrected chi connectivity index (χ0v) is 19.8. The van der Waals surface area contributed by atoms with E-state index in [4.69, 9.17) is 0 Å². The molecule has 0 spiro atoms. The smallest absolute Gasteiger partial charge is 0.406 e. The van der Waals surface area contributed by atoms with E-state index in [-0.39, 0.29) is 11.6 Å². The van der Waals surface area contributed by atoms with Crippen LogP contribution in [0.4, 0.5) is 28.9 Å². The van der Waals surface area contributed by atoms with Crippen molar-refractivity contribution in [1.82, 2.24) is 0 Å². The summed E-state index contributed by atoms with van der Waals surface area (Å²) < 4.78 is 52.7. The molecule has 1 aliphatic heterocycles. The van der Waals surface area contributed by atoms with Crippen LogP contribution in [0.3, 0.4) is 0 Å². The minimum atomic E-state index is -4.65. The van der Waals surface area contributed by atoms with Gasteiger partial charge in [-0.1, -0.05) is 33.6 Å². The molecule has 2 aromatic carbocycles. The van der Waals surface area contributed by atoms with Gasteiger partial charge >= 0.3 is 6.36 Å². The molecule has 3 nitrogen and oxygen atoms in total. The lowest BCUT2D eigenvalue weighted by molar-refractivity contribution is -0.274. The van der Waals surface area contributed by atoms with Gasteiger partial charge in [-0.15, -0.1) is 13.2 Å². The predicted molar refractivity (Wildman–Crippen MR) is 127 cm³/mol. The fourth-order valence-corrected chi connectivity index (χ4v) is 3.30. The summed E-state index contributed by atoms with van der Waals surface area (Å²) >= 11 is 0. The van der Waals surface area contributed by atoms with Gasteiger partial charge in [0.15, 0.2) is 0 Å². The van der Waals surface area contributed by atoms with E-state index >= 15 is 0 Å². The maximum atomic E-state index is 12.9. The molecule has 2 aliphatic rings. The highest BCUT2D eigenvalue weighted by Gasteiger charge is 2.31. The van der Waals surface area contributed by atoms with E-state index in [1.807, 2.05) is 13.8 Å². The van der Waals surface area contributed by atoms with E-state index < -0.39 is 6.36 Å². The van der Waals surface area contributed by atoms with Gasteiger partial charge in [-0.3, -0.25) is 9.98 Å². The zero-order chi connectivity index (χ0) is 24.6. The number of halogens is 4. The van der Waals surface area contributed by atoms with E-state index in [0.29, 0.717) is 18.0 Å². The molecule has 0 N–H and O–H groups in total. The number of nitrogens with zero attached hydrogens (tertiary/aromatic N) is 2. The van der Waals surface area contributed by atoms with Gasteiger partial charge in [-0.05, 0) is 86.1 Å². The van der Waals surface area contributed by atoms with Crippen LogP contribution in [0.2, 0.25) is 0 Å². The Morgan fingerprint density at radius 3 is 2.33 bits per heavy atom. The Hall–Kier alpha value is -2.70. The van der Waals surface area contributed by atoms with Crippen molar-refractivity contribution in [2.45, 2.75) is 72.6 Å². The first kappa shape index (κ1) is 26.6. The van der Waals surface area contributed by atoms with Crippen LogP contribution in [-0.2, 0) is 6.42 Å². The maximum Gasteiger partial charge on any atom is 0.573 e. The standard InChI is InChI=1S/C11H12F3NO.C11H12FN.C4H8/c1-3-8-7-9(16-11(12,13)14)5-6-10(8)15-4-2;1-7-5-8(2)13-11-4-3-9(12)6-10(7)11;1-4-2-3-4/h4-7H,3H2,1-2H3;3-4,6-7H,5H2,1-2H3;4H,2-3H2,1H3. The molecule has 0 aromatic heterocycles. The molecule has 0 radical (unpaired) electrons. The quantitative estimate of drug-likeness (QED) is 0.330. The Morgan fingerprint density at radius 2 is 1.79 bits per heavy atom. The molecular weight excluding hydrogens is 432 g/mol. The van der Waals surface area contributed by atoms with Gasteiger partial charge in [-0.2, -0.15) is 0 Å². The number of aliphatic imine (C=N–C) groups is 2. The van der Waals surface area contributed by atoms with Gasteiger partial charge in [-0.25, -0.2) is 4.39 Å². The van der Waals surface area contributed by atoms with Crippen molar-refractivity contribution in [2.24, 2.45) is 15.9 Å². The SMILES string of the molecule is CC1=Nc2ccc(F)cc2C(C)C1.CC1CC1.CC=Nc1ccc(OC(F)(F)F)cc1CC. The fraction of sp³-hybridized carbons (Fsp3) is 0.462. The van der Waals surface area contributed by atoms with E-state index in [0.717, 1.165) is 34.9 Å². The Balaban J connectivity index is 0.000000202. The van der Waals surface area contributed by atoms with Crippen molar-refractivity contribution in [3.63, 3.8) is 0 Å². The molecule has 4 rings (SSSR count). The van der Waals surface area contributed by atoms with E-state index in [2.05, 4.69) is 28.6 Å². The highest BCUT2D eigenvalue weighted by atomic mass is 19.4. The molecule has 1 fully saturated rings. The number of benzene rings is 2. The van der Waals surface area contributed by atoms with Crippen LogP contribution in [0, 0.1) is 11.7 Å². The molecule has 1 aliphatic carbocycles. The molecule has 1 unspecified atom stereocenters. The monoisotopic (exact) mass is 464 g/mol. The van der Waals surface area contributed by atoms with E-state index in [1.165, 1.54) is 37.1 Å². The second-order valence-electron chi connectivity index (χ2n) is 8.42. The summed E-state index contributed by atoms with van der Waals surface area (Å²) in [5.74, 6) is 1.10. The molecule has 7 heteroatoms. The number of fused-ring (bicyclic) bond motifs is 1. The van der Waals surface area contributed by atoms with E-state index in [9.17, 15) is 17.6 Å². The predicted octanol–water partition coefficient (Wildman–Crippen LogP) is 8.71. The van der Waals surface area contributed by atoms with Crippen molar-refractivity contribution in [3.05, 3.63) is 53.3 Å². The number of rotatable bonds is 3. The molecule has 1 heterocycles. The van der Waals surface area contributed by atoms with Gasteiger partial charge in [0.1, 0.15) is 11.6 Å². The highest BCUT2D eigenvalue weighted by Crippen LogP contribution is 2.34. The number of aryl methyl sites for hydroxylation is 1. The van der Waals surface area contributed by atoms with Crippen LogP contribution < -0.4 is 4.74 Å². The van der Waals surface area contributed by atoms with Gasteiger partial charge < -0.3 is 4.74 Å². The van der Waals surface area contributed by atoms with Crippen LogP contribution in [0.5, 0.6) is 5.75 Å². The first-order valence-corrected chi connectivity index (χ1v) is 11.2. The average molecular weight is 465 g/mol. The number of ether oxygens (including phenoxy) is 1. The van der Waals surface area contributed by atoms with Crippen molar-refractivity contribution in [1.29, 1.82) is 0 Å². The Labute approximate surface area is 193 Å². The summed E-state index contributed by atoms with van der Waals surface area (Å²) in [6, 6.07) is 8.94. The second-order valence-corrected chi connectivity index (χ2v) is 8.42. The molecule has 0 saturated heterocycles. The fourth-order valence-electron chi connectivity index (χ4n) is 3.30. The summed E-state index contributed by atoms with van der Waals surface area (Å²) in [4.78, 5) is 8.44. The molecule has 2 aromatic rings.